The lowest BCUT2D eigenvalue weighted by Crippen LogP contribution is -2.46. The summed E-state index contributed by atoms with van der Waals surface area (Å²) in [6.45, 7) is 4.46. The van der Waals surface area contributed by atoms with Crippen LogP contribution in [-0.2, 0) is 4.79 Å². The van der Waals surface area contributed by atoms with Gasteiger partial charge in [0.2, 0.25) is 5.91 Å². The number of piperidine rings is 1. The molecule has 3 rings (SSSR count). The molecule has 5 nitrogen and oxygen atoms in total. The number of carbonyl (C=O) groups excluding carboxylic acids is 2. The van der Waals surface area contributed by atoms with Crippen LogP contribution in [0.4, 0.5) is 4.39 Å². The monoisotopic (exact) mass is 347 g/mol. The van der Waals surface area contributed by atoms with Crippen molar-refractivity contribution < 1.29 is 14.0 Å². The van der Waals surface area contributed by atoms with Crippen LogP contribution in [0, 0.1) is 18.7 Å². The minimum atomic E-state index is -0.465. The number of benzene rings is 1. The second kappa shape index (κ2) is 7.95. The lowest BCUT2D eigenvalue weighted by molar-refractivity contribution is -0.123. The van der Waals surface area contributed by atoms with E-state index in [1.165, 1.54) is 6.07 Å². The standard InChI is InChI=1S/C19H26FN3O2/c1-13-6-7-15(16(20)10-13)19(25)23-9-3-4-14(12-23)11-22-18(24)17-5-2-8-21-17/h6-7,10,14,17,21H,2-5,8-9,11-12H2,1H3,(H,22,24). The molecule has 2 fully saturated rings. The third-order valence-corrected chi connectivity index (χ3v) is 5.10. The van der Waals surface area contributed by atoms with E-state index in [1.807, 2.05) is 0 Å². The number of nitrogens with zero attached hydrogens (tertiary/aromatic N) is 1. The molecule has 2 amide bonds. The molecule has 0 bridgehead atoms. The molecule has 0 spiro atoms. The number of hydrogen-bond acceptors (Lipinski definition) is 3. The fourth-order valence-corrected chi connectivity index (χ4v) is 3.66. The van der Waals surface area contributed by atoms with Gasteiger partial charge in [0, 0.05) is 19.6 Å². The van der Waals surface area contributed by atoms with Crippen LogP contribution in [0.1, 0.15) is 41.6 Å². The molecular formula is C19H26FN3O2. The van der Waals surface area contributed by atoms with Crippen LogP contribution in [0.3, 0.4) is 0 Å². The summed E-state index contributed by atoms with van der Waals surface area (Å²) < 4.78 is 14.1. The predicted molar refractivity (Wildman–Crippen MR) is 93.8 cm³/mol. The second-order valence-electron chi connectivity index (χ2n) is 7.14. The summed E-state index contributed by atoms with van der Waals surface area (Å²) in [5.41, 5.74) is 0.930. The predicted octanol–water partition coefficient (Wildman–Crippen LogP) is 1.85. The number of rotatable bonds is 4. The number of likely N-dealkylation sites (tertiary alicyclic amines) is 1. The van der Waals surface area contributed by atoms with E-state index in [1.54, 1.807) is 24.0 Å². The molecule has 2 N–H and O–H groups in total. The zero-order valence-corrected chi connectivity index (χ0v) is 14.7. The number of halogens is 1. The van der Waals surface area contributed by atoms with Crippen LogP contribution in [0.2, 0.25) is 0 Å². The Morgan fingerprint density at radius 3 is 2.88 bits per heavy atom. The second-order valence-corrected chi connectivity index (χ2v) is 7.14. The number of amides is 2. The van der Waals surface area contributed by atoms with Gasteiger partial charge in [0.25, 0.3) is 5.91 Å². The average molecular weight is 347 g/mol. The lowest BCUT2D eigenvalue weighted by atomic mass is 9.97. The maximum Gasteiger partial charge on any atom is 0.256 e. The number of carbonyl (C=O) groups is 2. The molecule has 136 valence electrons. The first-order valence-corrected chi connectivity index (χ1v) is 9.11. The first-order chi connectivity index (χ1) is 12.0. The van der Waals surface area contributed by atoms with Gasteiger partial charge in [-0.2, -0.15) is 0 Å². The van der Waals surface area contributed by atoms with Gasteiger partial charge >= 0.3 is 0 Å². The first-order valence-electron chi connectivity index (χ1n) is 9.11. The van der Waals surface area contributed by atoms with Gasteiger partial charge in [-0.3, -0.25) is 9.59 Å². The maximum atomic E-state index is 14.1. The average Bonchev–Trinajstić information content (AvgIpc) is 3.14. The van der Waals surface area contributed by atoms with E-state index < -0.39 is 5.82 Å². The molecule has 0 aliphatic carbocycles. The van der Waals surface area contributed by atoms with Crippen LogP contribution < -0.4 is 10.6 Å². The van der Waals surface area contributed by atoms with Gasteiger partial charge in [-0.25, -0.2) is 4.39 Å². The van der Waals surface area contributed by atoms with Crippen molar-refractivity contribution in [2.75, 3.05) is 26.2 Å². The van der Waals surface area contributed by atoms with Crippen molar-refractivity contribution in [1.29, 1.82) is 0 Å². The highest BCUT2D eigenvalue weighted by molar-refractivity contribution is 5.94. The van der Waals surface area contributed by atoms with Crippen molar-refractivity contribution in [1.82, 2.24) is 15.5 Å². The minimum absolute atomic E-state index is 0.0468. The molecule has 2 heterocycles. The van der Waals surface area contributed by atoms with Crippen molar-refractivity contribution in [3.05, 3.63) is 35.1 Å². The van der Waals surface area contributed by atoms with E-state index in [9.17, 15) is 14.0 Å². The molecule has 2 saturated heterocycles. The van der Waals surface area contributed by atoms with Gasteiger partial charge < -0.3 is 15.5 Å². The largest absolute Gasteiger partial charge is 0.354 e. The Hall–Kier alpha value is -1.95. The Morgan fingerprint density at radius 2 is 2.16 bits per heavy atom. The van der Waals surface area contributed by atoms with Gasteiger partial charge in [0.1, 0.15) is 5.82 Å². The molecule has 1 aromatic rings. The highest BCUT2D eigenvalue weighted by Crippen LogP contribution is 2.20. The SMILES string of the molecule is Cc1ccc(C(=O)N2CCCC(CNC(=O)C3CCCN3)C2)c(F)c1. The smallest absolute Gasteiger partial charge is 0.256 e. The summed E-state index contributed by atoms with van der Waals surface area (Å²) in [5, 5.41) is 6.18. The van der Waals surface area contributed by atoms with E-state index in [4.69, 9.17) is 0 Å². The molecular weight excluding hydrogens is 321 g/mol. The molecule has 0 saturated carbocycles. The summed E-state index contributed by atoms with van der Waals surface area (Å²) in [4.78, 5) is 26.4. The maximum absolute atomic E-state index is 14.1. The van der Waals surface area contributed by atoms with Crippen molar-refractivity contribution in [2.45, 2.75) is 38.6 Å². The Labute approximate surface area is 148 Å². The molecule has 2 unspecified atom stereocenters. The number of aryl methyl sites for hydroxylation is 1. The molecule has 0 radical (unpaired) electrons. The van der Waals surface area contributed by atoms with E-state index in [-0.39, 0.29) is 29.3 Å². The Balaban J connectivity index is 1.55. The lowest BCUT2D eigenvalue weighted by Gasteiger charge is -2.33. The van der Waals surface area contributed by atoms with Gasteiger partial charge in [0.15, 0.2) is 0 Å². The summed E-state index contributed by atoms with van der Waals surface area (Å²) in [6, 6.07) is 4.63. The highest BCUT2D eigenvalue weighted by atomic mass is 19.1. The fraction of sp³-hybridized carbons (Fsp3) is 0.579. The highest BCUT2D eigenvalue weighted by Gasteiger charge is 2.27. The topological polar surface area (TPSA) is 61.4 Å². The van der Waals surface area contributed by atoms with Gasteiger partial charge in [-0.15, -0.1) is 0 Å². The number of nitrogens with one attached hydrogen (secondary N) is 2. The van der Waals surface area contributed by atoms with Crippen molar-refractivity contribution >= 4 is 11.8 Å². The molecule has 1 aromatic carbocycles. The van der Waals surface area contributed by atoms with E-state index in [0.717, 1.165) is 37.8 Å². The molecule has 2 aliphatic heterocycles. The van der Waals surface area contributed by atoms with Crippen LogP contribution in [0.25, 0.3) is 0 Å². The van der Waals surface area contributed by atoms with Crippen LogP contribution in [0.5, 0.6) is 0 Å². The molecule has 2 atom stereocenters. The third-order valence-electron chi connectivity index (χ3n) is 5.10. The van der Waals surface area contributed by atoms with Gasteiger partial charge in [-0.05, 0) is 62.8 Å². The zero-order valence-electron chi connectivity index (χ0n) is 14.7. The summed E-state index contributed by atoms with van der Waals surface area (Å²) >= 11 is 0. The van der Waals surface area contributed by atoms with Gasteiger partial charge in [-0.1, -0.05) is 6.07 Å². The molecule has 0 aromatic heterocycles. The zero-order chi connectivity index (χ0) is 17.8. The van der Waals surface area contributed by atoms with E-state index in [2.05, 4.69) is 10.6 Å². The van der Waals surface area contributed by atoms with Crippen molar-refractivity contribution in [3.63, 3.8) is 0 Å². The van der Waals surface area contributed by atoms with Crippen molar-refractivity contribution in [2.24, 2.45) is 5.92 Å². The fourth-order valence-electron chi connectivity index (χ4n) is 3.66. The van der Waals surface area contributed by atoms with Crippen molar-refractivity contribution in [3.8, 4) is 0 Å². The molecule has 2 aliphatic rings. The minimum Gasteiger partial charge on any atom is -0.354 e. The van der Waals surface area contributed by atoms with Crippen LogP contribution in [-0.4, -0.2) is 48.9 Å². The van der Waals surface area contributed by atoms with E-state index in [0.29, 0.717) is 19.6 Å². The Bertz CT molecular complexity index is 644. The Kier molecular flexibility index (Phi) is 5.68. The normalized spacial score (nSPS) is 23.5. The summed E-state index contributed by atoms with van der Waals surface area (Å²) in [7, 11) is 0. The third kappa shape index (κ3) is 4.37. The summed E-state index contributed by atoms with van der Waals surface area (Å²) in [5.74, 6) is -0.458. The van der Waals surface area contributed by atoms with E-state index >= 15 is 0 Å². The van der Waals surface area contributed by atoms with Crippen LogP contribution >= 0.6 is 0 Å². The number of hydrogen-bond donors (Lipinski definition) is 2. The first kappa shape index (κ1) is 17.9. The molecule has 6 heteroatoms. The quantitative estimate of drug-likeness (QED) is 0.874. The molecule has 25 heavy (non-hydrogen) atoms. The Morgan fingerprint density at radius 1 is 1.32 bits per heavy atom. The van der Waals surface area contributed by atoms with Crippen LogP contribution in [0.15, 0.2) is 18.2 Å². The van der Waals surface area contributed by atoms with Gasteiger partial charge in [0.05, 0.1) is 11.6 Å². The summed E-state index contributed by atoms with van der Waals surface area (Å²) in [6.07, 6.45) is 3.76.